The summed E-state index contributed by atoms with van der Waals surface area (Å²) in [5.74, 6) is -1.75. The van der Waals surface area contributed by atoms with Gasteiger partial charge in [-0.25, -0.2) is 4.79 Å². The number of esters is 1. The Labute approximate surface area is 233 Å². The van der Waals surface area contributed by atoms with Crippen LogP contribution in [0.25, 0.3) is 0 Å². The first-order valence-corrected chi connectivity index (χ1v) is 13.1. The van der Waals surface area contributed by atoms with E-state index in [0.29, 0.717) is 24.0 Å². The van der Waals surface area contributed by atoms with Gasteiger partial charge in [-0.15, -0.1) is 0 Å². The van der Waals surface area contributed by atoms with Gasteiger partial charge in [0.2, 0.25) is 11.8 Å². The Bertz CT molecular complexity index is 1190. The Balaban J connectivity index is 2.02. The number of benzene rings is 2. The van der Waals surface area contributed by atoms with E-state index < -0.39 is 48.1 Å². The van der Waals surface area contributed by atoms with Crippen LogP contribution in [0, 0.1) is 0 Å². The molecule has 3 rings (SSSR count). The molecule has 2 atom stereocenters. The van der Waals surface area contributed by atoms with Crippen molar-refractivity contribution in [2.45, 2.75) is 70.2 Å². The highest BCUT2D eigenvalue weighted by Crippen LogP contribution is 2.34. The lowest BCUT2D eigenvalue weighted by molar-refractivity contribution is -0.148. The molecule has 0 aromatic heterocycles. The summed E-state index contributed by atoms with van der Waals surface area (Å²) in [6, 6.07) is 9.54. The van der Waals surface area contributed by atoms with E-state index in [1.165, 1.54) is 48.4 Å². The molecule has 11 nitrogen and oxygen atoms in total. The number of phenols is 2. The molecule has 1 aliphatic rings. The number of hydrogen-bond donors (Lipinski definition) is 4. The molecule has 0 saturated heterocycles. The van der Waals surface area contributed by atoms with Crippen LogP contribution in [0.3, 0.4) is 0 Å². The summed E-state index contributed by atoms with van der Waals surface area (Å²) in [6.45, 7) is 4.72. The summed E-state index contributed by atoms with van der Waals surface area (Å²) >= 11 is 0. The number of carbonyl (C=O) groups excluding carboxylic acids is 4. The molecule has 0 radical (unpaired) electrons. The van der Waals surface area contributed by atoms with Crippen LogP contribution in [0.5, 0.6) is 11.5 Å². The molecule has 3 amide bonds. The monoisotopic (exact) mass is 555 g/mol. The van der Waals surface area contributed by atoms with Crippen molar-refractivity contribution < 1.29 is 38.9 Å². The van der Waals surface area contributed by atoms with Crippen LogP contribution in [-0.2, 0) is 30.3 Å². The lowest BCUT2D eigenvalue weighted by Gasteiger charge is -2.43. The SMILES string of the molecule is COC(=O)CNC(=O)C(c1ccc(O)cc1)N(C(=O)C(Cc1ccc(O)cc1)NC(=O)OC(C)(C)C)C1CCC1. The molecule has 1 aliphatic carbocycles. The quantitative estimate of drug-likeness (QED) is 0.326. The molecule has 2 aromatic carbocycles. The molecular formula is C29H37N3O8. The summed E-state index contributed by atoms with van der Waals surface area (Å²) < 4.78 is 10.1. The van der Waals surface area contributed by atoms with Crippen LogP contribution >= 0.6 is 0 Å². The zero-order chi connectivity index (χ0) is 29.4. The summed E-state index contributed by atoms with van der Waals surface area (Å²) in [7, 11) is 1.20. The van der Waals surface area contributed by atoms with Crippen molar-refractivity contribution in [3.8, 4) is 11.5 Å². The van der Waals surface area contributed by atoms with Crippen molar-refractivity contribution in [1.82, 2.24) is 15.5 Å². The standard InChI is InChI=1S/C29H37N3O8/c1-29(2,3)40-28(38)31-23(16-18-8-12-21(33)13-9-18)27(37)32(20-6-5-7-20)25(19-10-14-22(34)15-11-19)26(36)30-17-24(35)39-4/h8-15,20,23,25,33-34H,5-7,16-17H2,1-4H3,(H,30,36)(H,31,38). The van der Waals surface area contributed by atoms with E-state index in [1.54, 1.807) is 32.9 Å². The van der Waals surface area contributed by atoms with Crippen LogP contribution in [-0.4, -0.2) is 70.3 Å². The predicted octanol–water partition coefficient (Wildman–Crippen LogP) is 2.95. The minimum absolute atomic E-state index is 0.0178. The van der Waals surface area contributed by atoms with Gasteiger partial charge >= 0.3 is 12.1 Å². The van der Waals surface area contributed by atoms with E-state index in [1.807, 2.05) is 0 Å². The number of nitrogens with one attached hydrogen (secondary N) is 2. The Kier molecular flexibility index (Phi) is 9.98. The molecule has 1 fully saturated rings. The van der Waals surface area contributed by atoms with Gasteiger partial charge in [-0.2, -0.15) is 0 Å². The molecule has 0 aliphatic heterocycles. The maximum atomic E-state index is 14.3. The van der Waals surface area contributed by atoms with Gasteiger partial charge < -0.3 is 35.2 Å². The van der Waals surface area contributed by atoms with Gasteiger partial charge in [-0.3, -0.25) is 14.4 Å². The van der Waals surface area contributed by atoms with E-state index in [2.05, 4.69) is 15.4 Å². The number of rotatable bonds is 10. The second-order valence-corrected chi connectivity index (χ2v) is 10.7. The van der Waals surface area contributed by atoms with E-state index in [9.17, 15) is 29.4 Å². The first-order valence-electron chi connectivity index (χ1n) is 13.1. The Morgan fingerprint density at radius 3 is 2.05 bits per heavy atom. The Hall–Kier alpha value is -4.28. The molecule has 2 aromatic rings. The van der Waals surface area contributed by atoms with Crippen molar-refractivity contribution in [2.24, 2.45) is 0 Å². The van der Waals surface area contributed by atoms with Crippen LogP contribution in [0.15, 0.2) is 48.5 Å². The largest absolute Gasteiger partial charge is 0.508 e. The fraction of sp³-hybridized carbons (Fsp3) is 0.448. The van der Waals surface area contributed by atoms with Gasteiger partial charge in [0.25, 0.3) is 0 Å². The average molecular weight is 556 g/mol. The van der Waals surface area contributed by atoms with Gasteiger partial charge in [-0.05, 0) is 75.4 Å². The first-order chi connectivity index (χ1) is 18.9. The first kappa shape index (κ1) is 30.3. The van der Waals surface area contributed by atoms with Gasteiger partial charge in [0, 0.05) is 12.5 Å². The van der Waals surface area contributed by atoms with Crippen LogP contribution < -0.4 is 10.6 Å². The highest BCUT2D eigenvalue weighted by Gasteiger charge is 2.42. The average Bonchev–Trinajstić information content (AvgIpc) is 2.86. The van der Waals surface area contributed by atoms with E-state index in [-0.39, 0.29) is 24.0 Å². The summed E-state index contributed by atoms with van der Waals surface area (Å²) in [6.07, 6.45) is 1.40. The maximum Gasteiger partial charge on any atom is 0.408 e. The van der Waals surface area contributed by atoms with E-state index in [0.717, 1.165) is 6.42 Å². The normalized spacial score (nSPS) is 14.7. The second kappa shape index (κ2) is 13.2. The third-order valence-corrected chi connectivity index (χ3v) is 6.46. The molecule has 4 N–H and O–H groups in total. The number of amides is 3. The Morgan fingerprint density at radius 2 is 1.55 bits per heavy atom. The summed E-state index contributed by atoms with van der Waals surface area (Å²) in [4.78, 5) is 53.9. The summed E-state index contributed by atoms with van der Waals surface area (Å²) in [5.41, 5.74) is 0.268. The highest BCUT2D eigenvalue weighted by atomic mass is 16.6. The number of methoxy groups -OCH3 is 1. The predicted molar refractivity (Wildman–Crippen MR) is 145 cm³/mol. The minimum Gasteiger partial charge on any atom is -0.508 e. The van der Waals surface area contributed by atoms with Crippen LogP contribution in [0.4, 0.5) is 4.79 Å². The van der Waals surface area contributed by atoms with Crippen molar-refractivity contribution in [3.63, 3.8) is 0 Å². The minimum atomic E-state index is -1.16. The number of ether oxygens (including phenoxy) is 2. The van der Waals surface area contributed by atoms with Gasteiger partial charge in [0.1, 0.15) is 35.7 Å². The molecular weight excluding hydrogens is 518 g/mol. The number of hydrogen-bond acceptors (Lipinski definition) is 8. The van der Waals surface area contributed by atoms with Gasteiger partial charge in [0.15, 0.2) is 0 Å². The zero-order valence-corrected chi connectivity index (χ0v) is 23.2. The molecule has 2 unspecified atom stereocenters. The van der Waals surface area contributed by atoms with Crippen molar-refractivity contribution in [3.05, 3.63) is 59.7 Å². The molecule has 11 heteroatoms. The van der Waals surface area contributed by atoms with Crippen LogP contribution in [0.2, 0.25) is 0 Å². The number of carbonyl (C=O) groups is 4. The number of phenolic OH excluding ortho intramolecular Hbond substituents is 2. The molecule has 40 heavy (non-hydrogen) atoms. The lowest BCUT2D eigenvalue weighted by Crippen LogP contribution is -2.58. The molecule has 0 heterocycles. The molecule has 216 valence electrons. The fourth-order valence-corrected chi connectivity index (χ4v) is 4.30. The van der Waals surface area contributed by atoms with Crippen LogP contribution in [0.1, 0.15) is 57.2 Å². The second-order valence-electron chi connectivity index (χ2n) is 10.7. The number of nitrogens with zero attached hydrogens (tertiary/aromatic N) is 1. The smallest absolute Gasteiger partial charge is 0.408 e. The zero-order valence-electron chi connectivity index (χ0n) is 23.2. The van der Waals surface area contributed by atoms with Gasteiger partial charge in [0.05, 0.1) is 7.11 Å². The van der Waals surface area contributed by atoms with Crippen molar-refractivity contribution in [1.29, 1.82) is 0 Å². The third-order valence-electron chi connectivity index (χ3n) is 6.46. The molecule has 1 saturated carbocycles. The van der Waals surface area contributed by atoms with Crippen molar-refractivity contribution in [2.75, 3.05) is 13.7 Å². The van der Waals surface area contributed by atoms with Crippen molar-refractivity contribution >= 4 is 23.9 Å². The maximum absolute atomic E-state index is 14.3. The van der Waals surface area contributed by atoms with Gasteiger partial charge in [-0.1, -0.05) is 24.3 Å². The molecule has 0 spiro atoms. The fourth-order valence-electron chi connectivity index (χ4n) is 4.30. The summed E-state index contributed by atoms with van der Waals surface area (Å²) in [5, 5.41) is 24.8. The number of alkyl carbamates (subject to hydrolysis) is 1. The van der Waals surface area contributed by atoms with E-state index >= 15 is 0 Å². The third kappa shape index (κ3) is 8.36. The topological polar surface area (TPSA) is 154 Å². The van der Waals surface area contributed by atoms with E-state index in [4.69, 9.17) is 4.74 Å². The lowest BCUT2D eigenvalue weighted by atomic mass is 9.87. The number of aromatic hydroxyl groups is 2. The molecule has 0 bridgehead atoms. The highest BCUT2D eigenvalue weighted by molar-refractivity contribution is 5.93. The Morgan fingerprint density at radius 1 is 0.975 bits per heavy atom.